The Labute approximate surface area is 119 Å². The van der Waals surface area contributed by atoms with Crippen molar-refractivity contribution in [1.82, 2.24) is 4.57 Å². The van der Waals surface area contributed by atoms with Crippen molar-refractivity contribution in [1.29, 1.82) is 0 Å². The molecular formula is C17H21FN2. The molecule has 1 heterocycles. The van der Waals surface area contributed by atoms with Gasteiger partial charge in [-0.2, -0.15) is 0 Å². The zero-order valence-electron chi connectivity index (χ0n) is 11.9. The number of aryl methyl sites for hydroxylation is 2. The third-order valence-electron chi connectivity index (χ3n) is 4.27. The fraction of sp³-hybridized carbons (Fsp3) is 0.412. The van der Waals surface area contributed by atoms with Crippen molar-refractivity contribution < 1.29 is 4.39 Å². The highest BCUT2D eigenvalue weighted by molar-refractivity contribution is 5.31. The molecule has 1 aliphatic rings. The van der Waals surface area contributed by atoms with Crippen molar-refractivity contribution in [2.45, 2.75) is 45.2 Å². The molecule has 1 aromatic heterocycles. The molecule has 106 valence electrons. The maximum Gasteiger partial charge on any atom is 0.123 e. The zero-order valence-corrected chi connectivity index (χ0v) is 11.9. The van der Waals surface area contributed by atoms with Crippen LogP contribution in [0.5, 0.6) is 0 Å². The molecule has 1 atom stereocenters. The molecule has 2 nitrogen and oxygen atoms in total. The minimum atomic E-state index is -0.170. The lowest BCUT2D eigenvalue weighted by atomic mass is 10.1. The predicted molar refractivity (Wildman–Crippen MR) is 79.2 cm³/mol. The fourth-order valence-electron chi connectivity index (χ4n) is 3.05. The van der Waals surface area contributed by atoms with Crippen molar-refractivity contribution in [2.75, 3.05) is 0 Å². The Hall–Kier alpha value is -1.61. The Kier molecular flexibility index (Phi) is 3.62. The first-order valence-electron chi connectivity index (χ1n) is 7.32. The number of hydrogen-bond donors (Lipinski definition) is 1. The maximum atomic E-state index is 13.4. The Balaban J connectivity index is 1.88. The van der Waals surface area contributed by atoms with Crippen molar-refractivity contribution in [3.63, 3.8) is 0 Å². The number of fused-ring (bicyclic) bond motifs is 1. The Bertz CT molecular complexity index is 615. The van der Waals surface area contributed by atoms with Crippen LogP contribution in [0.2, 0.25) is 0 Å². The smallest absolute Gasteiger partial charge is 0.123 e. The van der Waals surface area contributed by atoms with E-state index in [4.69, 9.17) is 5.73 Å². The van der Waals surface area contributed by atoms with Crippen molar-refractivity contribution >= 4 is 0 Å². The van der Waals surface area contributed by atoms with Gasteiger partial charge in [0, 0.05) is 25.0 Å². The minimum Gasteiger partial charge on any atom is -0.349 e. The summed E-state index contributed by atoms with van der Waals surface area (Å²) in [5.41, 5.74) is 11.0. The van der Waals surface area contributed by atoms with Crippen LogP contribution in [-0.2, 0) is 13.0 Å². The number of halogens is 1. The van der Waals surface area contributed by atoms with E-state index in [0.717, 1.165) is 24.0 Å². The van der Waals surface area contributed by atoms with Gasteiger partial charge in [-0.05, 0) is 60.6 Å². The van der Waals surface area contributed by atoms with Gasteiger partial charge in [0.1, 0.15) is 5.82 Å². The number of hydrogen-bond acceptors (Lipinski definition) is 1. The highest BCUT2D eigenvalue weighted by Gasteiger charge is 2.17. The third-order valence-corrected chi connectivity index (χ3v) is 4.27. The largest absolute Gasteiger partial charge is 0.349 e. The van der Waals surface area contributed by atoms with E-state index in [9.17, 15) is 4.39 Å². The molecular weight excluding hydrogens is 251 g/mol. The number of benzene rings is 1. The second-order valence-electron chi connectivity index (χ2n) is 5.83. The summed E-state index contributed by atoms with van der Waals surface area (Å²) in [4.78, 5) is 0. The van der Waals surface area contributed by atoms with Crippen molar-refractivity contribution in [3.8, 4) is 0 Å². The summed E-state index contributed by atoms with van der Waals surface area (Å²) in [6.45, 7) is 2.73. The molecule has 0 saturated heterocycles. The summed E-state index contributed by atoms with van der Waals surface area (Å²) < 4.78 is 15.5. The Morgan fingerprint density at radius 2 is 2.15 bits per heavy atom. The van der Waals surface area contributed by atoms with E-state index in [1.807, 2.05) is 13.0 Å². The van der Waals surface area contributed by atoms with Crippen LogP contribution >= 0.6 is 0 Å². The van der Waals surface area contributed by atoms with Crippen LogP contribution in [0.25, 0.3) is 0 Å². The number of nitrogens with zero attached hydrogens (tertiary/aromatic N) is 1. The van der Waals surface area contributed by atoms with E-state index < -0.39 is 0 Å². The third kappa shape index (κ3) is 2.63. The zero-order chi connectivity index (χ0) is 14.1. The maximum absolute atomic E-state index is 13.4. The molecule has 3 heteroatoms. The molecule has 2 N–H and O–H groups in total. The number of nitrogens with two attached hydrogens (primary N) is 1. The minimum absolute atomic E-state index is 0.155. The van der Waals surface area contributed by atoms with Gasteiger partial charge in [0.25, 0.3) is 0 Å². The van der Waals surface area contributed by atoms with Crippen LogP contribution in [0.1, 0.15) is 47.6 Å². The molecule has 2 aromatic rings. The van der Waals surface area contributed by atoms with Crippen molar-refractivity contribution in [3.05, 3.63) is 58.7 Å². The lowest BCUT2D eigenvalue weighted by Crippen LogP contribution is -2.09. The molecule has 0 aliphatic heterocycles. The summed E-state index contributed by atoms with van der Waals surface area (Å²) in [6.07, 6.45) is 8.93. The molecule has 1 unspecified atom stereocenters. The van der Waals surface area contributed by atoms with Gasteiger partial charge in [-0.15, -0.1) is 0 Å². The summed E-state index contributed by atoms with van der Waals surface area (Å²) in [5, 5.41) is 0. The molecule has 1 aliphatic carbocycles. The van der Waals surface area contributed by atoms with E-state index >= 15 is 0 Å². The lowest BCUT2D eigenvalue weighted by Gasteiger charge is -2.09. The van der Waals surface area contributed by atoms with Crippen LogP contribution < -0.4 is 5.73 Å². The van der Waals surface area contributed by atoms with Crippen LogP contribution in [0.15, 0.2) is 30.6 Å². The van der Waals surface area contributed by atoms with Crippen LogP contribution in [-0.4, -0.2) is 4.57 Å². The van der Waals surface area contributed by atoms with Gasteiger partial charge in [0.05, 0.1) is 0 Å². The van der Waals surface area contributed by atoms with Crippen LogP contribution in [0.4, 0.5) is 4.39 Å². The molecule has 0 radical (unpaired) electrons. The quantitative estimate of drug-likeness (QED) is 0.830. The van der Waals surface area contributed by atoms with Crippen molar-refractivity contribution in [2.24, 2.45) is 5.73 Å². The van der Waals surface area contributed by atoms with Gasteiger partial charge in [0.15, 0.2) is 0 Å². The van der Waals surface area contributed by atoms with E-state index in [1.54, 1.807) is 6.07 Å². The van der Waals surface area contributed by atoms with Gasteiger partial charge in [-0.1, -0.05) is 12.5 Å². The second-order valence-corrected chi connectivity index (χ2v) is 5.83. The van der Waals surface area contributed by atoms with Gasteiger partial charge in [-0.25, -0.2) is 4.39 Å². The predicted octanol–water partition coefficient (Wildman–Crippen LogP) is 3.71. The van der Waals surface area contributed by atoms with Gasteiger partial charge >= 0.3 is 0 Å². The monoisotopic (exact) mass is 272 g/mol. The van der Waals surface area contributed by atoms with Crippen LogP contribution in [0.3, 0.4) is 0 Å². The fourth-order valence-corrected chi connectivity index (χ4v) is 3.05. The first-order chi connectivity index (χ1) is 9.63. The molecule has 0 saturated carbocycles. The van der Waals surface area contributed by atoms with E-state index in [1.165, 1.54) is 30.0 Å². The van der Waals surface area contributed by atoms with Crippen LogP contribution in [0, 0.1) is 12.7 Å². The van der Waals surface area contributed by atoms with Gasteiger partial charge in [0.2, 0.25) is 0 Å². The molecule has 3 rings (SSSR count). The highest BCUT2D eigenvalue weighted by atomic mass is 19.1. The second kappa shape index (κ2) is 5.41. The summed E-state index contributed by atoms with van der Waals surface area (Å²) in [7, 11) is 0. The first-order valence-corrected chi connectivity index (χ1v) is 7.32. The lowest BCUT2D eigenvalue weighted by molar-refractivity contribution is 0.608. The van der Waals surface area contributed by atoms with E-state index in [-0.39, 0.29) is 11.9 Å². The summed E-state index contributed by atoms with van der Waals surface area (Å²) in [5.74, 6) is -0.170. The van der Waals surface area contributed by atoms with Gasteiger partial charge in [-0.3, -0.25) is 0 Å². The molecule has 0 bridgehead atoms. The Morgan fingerprint density at radius 3 is 3.00 bits per heavy atom. The molecule has 0 amide bonds. The molecule has 20 heavy (non-hydrogen) atoms. The summed E-state index contributed by atoms with van der Waals surface area (Å²) >= 11 is 0. The molecule has 0 fully saturated rings. The summed E-state index contributed by atoms with van der Waals surface area (Å²) in [6, 6.07) is 5.13. The average molecular weight is 272 g/mol. The SMILES string of the molecule is Cc1ccc(F)cc1Cn1cc2c(c1)C(N)CCCC2. The Morgan fingerprint density at radius 1 is 1.30 bits per heavy atom. The van der Waals surface area contributed by atoms with E-state index in [2.05, 4.69) is 17.0 Å². The number of rotatable bonds is 2. The number of aromatic nitrogens is 1. The standard InChI is InChI=1S/C17H21FN2/c1-12-6-7-15(18)8-14(12)10-20-9-13-4-2-3-5-17(19)16(13)11-20/h6-9,11,17H,2-5,10,19H2,1H3. The first kappa shape index (κ1) is 13.4. The average Bonchev–Trinajstić information content (AvgIpc) is 2.74. The molecule has 1 aromatic carbocycles. The molecule has 0 spiro atoms. The normalized spacial score (nSPS) is 18.6. The highest BCUT2D eigenvalue weighted by Crippen LogP contribution is 2.28. The topological polar surface area (TPSA) is 30.9 Å². The van der Waals surface area contributed by atoms with Gasteiger partial charge < -0.3 is 10.3 Å². The van der Waals surface area contributed by atoms with E-state index in [0.29, 0.717) is 6.54 Å².